The molecule has 0 saturated carbocycles. The summed E-state index contributed by atoms with van der Waals surface area (Å²) in [7, 11) is 0. The van der Waals surface area contributed by atoms with Gasteiger partial charge in [0, 0.05) is 42.0 Å². The number of pyridine rings is 2. The van der Waals surface area contributed by atoms with Crippen LogP contribution >= 0.6 is 11.6 Å². The second-order valence-corrected chi connectivity index (χ2v) is 8.14. The van der Waals surface area contributed by atoms with Crippen LogP contribution in [-0.4, -0.2) is 27.3 Å². The molecule has 0 atom stereocenters. The molecule has 2 aromatic carbocycles. The fourth-order valence-corrected chi connectivity index (χ4v) is 4.01. The fourth-order valence-electron chi connectivity index (χ4n) is 3.80. The maximum absolute atomic E-state index is 13.3. The van der Waals surface area contributed by atoms with E-state index >= 15 is 0 Å². The molecule has 0 bridgehead atoms. The summed E-state index contributed by atoms with van der Waals surface area (Å²) in [6.07, 6.45) is 4.03. The number of hydrogen-bond donors (Lipinski definition) is 0. The van der Waals surface area contributed by atoms with Gasteiger partial charge < -0.3 is 4.90 Å². The minimum atomic E-state index is -0.0462. The van der Waals surface area contributed by atoms with Crippen molar-refractivity contribution in [2.45, 2.75) is 26.8 Å². The molecule has 0 fully saturated rings. The van der Waals surface area contributed by atoms with Crippen molar-refractivity contribution in [1.29, 1.82) is 0 Å². The van der Waals surface area contributed by atoms with E-state index in [2.05, 4.69) is 48.1 Å². The Labute approximate surface area is 187 Å². The Balaban J connectivity index is 1.66. The monoisotopic (exact) mass is 429 g/mol. The van der Waals surface area contributed by atoms with Gasteiger partial charge in [-0.3, -0.25) is 9.78 Å². The maximum Gasteiger partial charge on any atom is 0.254 e. The first-order chi connectivity index (χ1) is 15.0. The highest BCUT2D eigenvalue weighted by molar-refractivity contribution is 6.30. The summed E-state index contributed by atoms with van der Waals surface area (Å²) in [6, 6.07) is 19.9. The molecule has 4 rings (SSSR count). The molecule has 0 radical (unpaired) electrons. The number of carbonyl (C=O) groups excluding carboxylic acids is 1. The highest BCUT2D eigenvalue weighted by Gasteiger charge is 2.19. The molecule has 0 unspecified atom stereocenters. The zero-order chi connectivity index (χ0) is 21.8. The van der Waals surface area contributed by atoms with Gasteiger partial charge in [-0.25, -0.2) is 4.98 Å². The van der Waals surface area contributed by atoms with Gasteiger partial charge in [-0.2, -0.15) is 0 Å². The van der Waals surface area contributed by atoms with Gasteiger partial charge in [-0.05, 0) is 61.2 Å². The molecule has 1 amide bonds. The Morgan fingerprint density at radius 3 is 2.48 bits per heavy atom. The number of aromatic nitrogens is 2. The third-order valence-corrected chi connectivity index (χ3v) is 5.73. The second-order valence-electron chi connectivity index (χ2n) is 7.79. The van der Waals surface area contributed by atoms with Crippen molar-refractivity contribution in [3.63, 3.8) is 0 Å². The van der Waals surface area contributed by atoms with E-state index in [1.807, 2.05) is 29.2 Å². The van der Waals surface area contributed by atoms with E-state index in [1.165, 1.54) is 5.56 Å². The zero-order valence-corrected chi connectivity index (χ0v) is 18.4. The maximum atomic E-state index is 13.3. The number of carbonyl (C=O) groups is 1. The summed E-state index contributed by atoms with van der Waals surface area (Å²) in [5, 5.41) is 1.49. The first-order valence-corrected chi connectivity index (χ1v) is 10.7. The Morgan fingerprint density at radius 2 is 1.74 bits per heavy atom. The summed E-state index contributed by atoms with van der Waals surface area (Å²) in [4.78, 5) is 23.8. The Bertz CT molecular complexity index is 1210. The molecule has 2 heterocycles. The Hall–Kier alpha value is -3.24. The lowest BCUT2D eigenvalue weighted by atomic mass is 10.0. The van der Waals surface area contributed by atoms with Crippen LogP contribution in [0.2, 0.25) is 5.15 Å². The number of amides is 1. The number of hydrogen-bond acceptors (Lipinski definition) is 3. The molecule has 0 N–H and O–H groups in total. The van der Waals surface area contributed by atoms with Gasteiger partial charge in [0.2, 0.25) is 0 Å². The first-order valence-electron chi connectivity index (χ1n) is 10.3. The van der Waals surface area contributed by atoms with Crippen LogP contribution in [0, 0.1) is 13.8 Å². The van der Waals surface area contributed by atoms with Gasteiger partial charge in [-0.1, -0.05) is 48.0 Å². The van der Waals surface area contributed by atoms with E-state index in [0.717, 1.165) is 34.0 Å². The average molecular weight is 430 g/mol. The van der Waals surface area contributed by atoms with Gasteiger partial charge in [0.05, 0.1) is 5.52 Å². The largest absolute Gasteiger partial charge is 0.334 e. The molecular weight excluding hydrogens is 406 g/mol. The molecule has 0 spiro atoms. The lowest BCUT2D eigenvalue weighted by molar-refractivity contribution is 0.0745. The molecular formula is C26H24ClN3O. The van der Waals surface area contributed by atoms with E-state index in [1.54, 1.807) is 24.5 Å². The summed E-state index contributed by atoms with van der Waals surface area (Å²) >= 11 is 6.56. The number of fused-ring (bicyclic) bond motifs is 1. The topological polar surface area (TPSA) is 46.1 Å². The van der Waals surface area contributed by atoms with Gasteiger partial charge >= 0.3 is 0 Å². The van der Waals surface area contributed by atoms with E-state index < -0.39 is 0 Å². The summed E-state index contributed by atoms with van der Waals surface area (Å²) in [5.74, 6) is -0.0462. The highest BCUT2D eigenvalue weighted by Crippen LogP contribution is 2.26. The van der Waals surface area contributed by atoms with Gasteiger partial charge in [0.15, 0.2) is 0 Å². The highest BCUT2D eigenvalue weighted by atomic mass is 35.5. The number of halogens is 1. The molecule has 0 aliphatic carbocycles. The Morgan fingerprint density at radius 1 is 1.00 bits per heavy atom. The van der Waals surface area contributed by atoms with Crippen LogP contribution in [0.4, 0.5) is 0 Å². The lowest BCUT2D eigenvalue weighted by Gasteiger charge is -2.24. The van der Waals surface area contributed by atoms with Crippen LogP contribution in [0.15, 0.2) is 73.1 Å². The third kappa shape index (κ3) is 4.92. The average Bonchev–Trinajstić information content (AvgIpc) is 2.78. The standard InChI is InChI=1S/C26H24ClN3O/c1-18-14-19(2)23-16-22(25(27)29-24(23)15-18)17-30(13-10-20-6-4-3-5-7-20)26(31)21-8-11-28-12-9-21/h3-9,11-12,14-16H,10,13,17H2,1-2H3. The van der Waals surface area contributed by atoms with Crippen molar-refractivity contribution in [1.82, 2.24) is 14.9 Å². The molecule has 4 aromatic rings. The number of nitrogens with zero attached hydrogens (tertiary/aromatic N) is 3. The normalized spacial score (nSPS) is 10.9. The van der Waals surface area contributed by atoms with Crippen molar-refractivity contribution in [2.75, 3.05) is 6.54 Å². The van der Waals surface area contributed by atoms with E-state index in [9.17, 15) is 4.79 Å². The molecule has 156 valence electrons. The van der Waals surface area contributed by atoms with Crippen LogP contribution < -0.4 is 0 Å². The van der Waals surface area contributed by atoms with Crippen LogP contribution in [0.5, 0.6) is 0 Å². The first kappa shape index (κ1) is 21.0. The SMILES string of the molecule is Cc1cc(C)c2cc(CN(CCc3ccccc3)C(=O)c3ccncc3)c(Cl)nc2c1. The summed E-state index contributed by atoms with van der Waals surface area (Å²) in [6.45, 7) is 5.09. The molecule has 2 aromatic heterocycles. The lowest BCUT2D eigenvalue weighted by Crippen LogP contribution is -2.32. The van der Waals surface area contributed by atoms with E-state index in [-0.39, 0.29) is 5.91 Å². The zero-order valence-electron chi connectivity index (χ0n) is 17.7. The van der Waals surface area contributed by atoms with Gasteiger partial charge in [0.25, 0.3) is 5.91 Å². The van der Waals surface area contributed by atoms with Crippen LogP contribution in [0.3, 0.4) is 0 Å². The molecule has 0 saturated heterocycles. The van der Waals surface area contributed by atoms with Gasteiger partial charge in [0.1, 0.15) is 5.15 Å². The van der Waals surface area contributed by atoms with Gasteiger partial charge in [-0.15, -0.1) is 0 Å². The van der Waals surface area contributed by atoms with Crippen LogP contribution in [-0.2, 0) is 13.0 Å². The predicted octanol–water partition coefficient (Wildman–Crippen LogP) is 5.79. The summed E-state index contributed by atoms with van der Waals surface area (Å²) in [5.41, 5.74) is 5.82. The molecule has 5 heteroatoms. The molecule has 4 nitrogen and oxygen atoms in total. The molecule has 0 aliphatic rings. The number of rotatable bonds is 6. The Kier molecular flexibility index (Phi) is 6.28. The number of aryl methyl sites for hydroxylation is 2. The fraction of sp³-hybridized carbons (Fsp3) is 0.192. The quantitative estimate of drug-likeness (QED) is 0.365. The predicted molar refractivity (Wildman–Crippen MR) is 125 cm³/mol. The second kappa shape index (κ2) is 9.27. The van der Waals surface area contributed by atoms with E-state index in [0.29, 0.717) is 23.8 Å². The minimum absolute atomic E-state index is 0.0462. The number of benzene rings is 2. The van der Waals surface area contributed by atoms with Crippen LogP contribution in [0.25, 0.3) is 10.9 Å². The smallest absolute Gasteiger partial charge is 0.254 e. The van der Waals surface area contributed by atoms with Crippen LogP contribution in [0.1, 0.15) is 32.6 Å². The molecule has 31 heavy (non-hydrogen) atoms. The van der Waals surface area contributed by atoms with Crippen molar-refractivity contribution in [3.05, 3.63) is 106 Å². The van der Waals surface area contributed by atoms with Crippen molar-refractivity contribution in [2.24, 2.45) is 0 Å². The minimum Gasteiger partial charge on any atom is -0.334 e. The van der Waals surface area contributed by atoms with E-state index in [4.69, 9.17) is 11.6 Å². The van der Waals surface area contributed by atoms with Crippen molar-refractivity contribution >= 4 is 28.4 Å². The third-order valence-electron chi connectivity index (χ3n) is 5.40. The molecule has 0 aliphatic heterocycles. The summed E-state index contributed by atoms with van der Waals surface area (Å²) < 4.78 is 0. The van der Waals surface area contributed by atoms with Crippen molar-refractivity contribution in [3.8, 4) is 0 Å². The van der Waals surface area contributed by atoms with Crippen molar-refractivity contribution < 1.29 is 4.79 Å².